The lowest BCUT2D eigenvalue weighted by Crippen LogP contribution is -2.25. The average Bonchev–Trinajstić information content (AvgIpc) is 2.48. The fraction of sp³-hybridized carbons (Fsp3) is 0.556. The number of carbonyl (C=O) groups is 1. The molecule has 0 bridgehead atoms. The molecule has 1 aromatic rings. The molecule has 1 amide bonds. The SMILES string of the molecule is CCCNC(=O)Cc1cnn(C)c1. The van der Waals surface area contributed by atoms with Crippen LogP contribution in [0.1, 0.15) is 18.9 Å². The first-order valence-electron chi connectivity index (χ1n) is 4.46. The second-order valence-electron chi connectivity index (χ2n) is 3.05. The molecular formula is C9H15N3O. The molecule has 1 aromatic heterocycles. The molecule has 0 aliphatic carbocycles. The van der Waals surface area contributed by atoms with E-state index >= 15 is 0 Å². The Labute approximate surface area is 77.9 Å². The maximum atomic E-state index is 11.2. The lowest BCUT2D eigenvalue weighted by atomic mass is 10.2. The van der Waals surface area contributed by atoms with Gasteiger partial charge in [-0.2, -0.15) is 5.10 Å². The Hall–Kier alpha value is -1.32. The topological polar surface area (TPSA) is 46.9 Å². The Bertz CT molecular complexity index is 280. The molecule has 0 aliphatic heterocycles. The maximum absolute atomic E-state index is 11.2. The summed E-state index contributed by atoms with van der Waals surface area (Å²) in [6.07, 6.45) is 4.96. The Morgan fingerprint density at radius 2 is 2.46 bits per heavy atom. The molecule has 1 N–H and O–H groups in total. The summed E-state index contributed by atoms with van der Waals surface area (Å²) < 4.78 is 1.70. The zero-order valence-corrected chi connectivity index (χ0v) is 8.08. The number of rotatable bonds is 4. The second-order valence-corrected chi connectivity index (χ2v) is 3.05. The summed E-state index contributed by atoms with van der Waals surface area (Å²) >= 11 is 0. The van der Waals surface area contributed by atoms with Crippen LogP contribution >= 0.6 is 0 Å². The van der Waals surface area contributed by atoms with Crippen molar-refractivity contribution in [2.75, 3.05) is 6.54 Å². The second kappa shape index (κ2) is 4.64. The van der Waals surface area contributed by atoms with Crippen molar-refractivity contribution >= 4 is 5.91 Å². The van der Waals surface area contributed by atoms with Crippen molar-refractivity contribution in [1.29, 1.82) is 0 Å². The predicted molar refractivity (Wildman–Crippen MR) is 50.2 cm³/mol. The van der Waals surface area contributed by atoms with Gasteiger partial charge in [-0.1, -0.05) is 6.92 Å². The van der Waals surface area contributed by atoms with Crippen LogP contribution in [0.4, 0.5) is 0 Å². The fourth-order valence-corrected chi connectivity index (χ4v) is 1.08. The first-order chi connectivity index (χ1) is 6.22. The van der Waals surface area contributed by atoms with Crippen molar-refractivity contribution in [3.8, 4) is 0 Å². The van der Waals surface area contributed by atoms with Gasteiger partial charge in [-0.15, -0.1) is 0 Å². The molecule has 1 heterocycles. The summed E-state index contributed by atoms with van der Waals surface area (Å²) in [6.45, 7) is 2.78. The largest absolute Gasteiger partial charge is 0.356 e. The van der Waals surface area contributed by atoms with E-state index in [1.54, 1.807) is 10.9 Å². The summed E-state index contributed by atoms with van der Waals surface area (Å²) in [4.78, 5) is 11.2. The van der Waals surface area contributed by atoms with Crippen LogP contribution < -0.4 is 5.32 Å². The highest BCUT2D eigenvalue weighted by molar-refractivity contribution is 5.78. The van der Waals surface area contributed by atoms with Crippen molar-refractivity contribution < 1.29 is 4.79 Å². The van der Waals surface area contributed by atoms with Gasteiger partial charge in [0.2, 0.25) is 5.91 Å². The third-order valence-electron chi connectivity index (χ3n) is 1.70. The summed E-state index contributed by atoms with van der Waals surface area (Å²) in [5.41, 5.74) is 0.955. The Kier molecular flexibility index (Phi) is 3.49. The van der Waals surface area contributed by atoms with Gasteiger partial charge in [0.1, 0.15) is 0 Å². The van der Waals surface area contributed by atoms with Gasteiger partial charge < -0.3 is 5.32 Å². The van der Waals surface area contributed by atoms with Gasteiger partial charge >= 0.3 is 0 Å². The normalized spacial score (nSPS) is 10.0. The standard InChI is InChI=1S/C9H15N3O/c1-3-4-10-9(13)5-8-6-11-12(2)7-8/h6-7H,3-5H2,1-2H3,(H,10,13). The molecule has 4 heteroatoms. The molecule has 0 radical (unpaired) electrons. The van der Waals surface area contributed by atoms with Gasteiger partial charge in [0.05, 0.1) is 12.6 Å². The monoisotopic (exact) mass is 181 g/mol. The van der Waals surface area contributed by atoms with E-state index in [-0.39, 0.29) is 5.91 Å². The highest BCUT2D eigenvalue weighted by Gasteiger charge is 2.03. The molecule has 0 aromatic carbocycles. The number of amides is 1. The van der Waals surface area contributed by atoms with Gasteiger partial charge in [0, 0.05) is 19.8 Å². The Balaban J connectivity index is 2.36. The Morgan fingerprint density at radius 3 is 3.00 bits per heavy atom. The highest BCUT2D eigenvalue weighted by atomic mass is 16.1. The van der Waals surface area contributed by atoms with E-state index in [9.17, 15) is 4.79 Å². The summed E-state index contributed by atoms with van der Waals surface area (Å²) in [7, 11) is 1.84. The quantitative estimate of drug-likeness (QED) is 0.734. The molecule has 0 saturated carbocycles. The van der Waals surface area contributed by atoms with Crippen molar-refractivity contribution in [1.82, 2.24) is 15.1 Å². The molecular weight excluding hydrogens is 166 g/mol. The van der Waals surface area contributed by atoms with E-state index < -0.39 is 0 Å². The summed E-state index contributed by atoms with van der Waals surface area (Å²) in [5.74, 6) is 0.0647. The van der Waals surface area contributed by atoms with Gasteiger partial charge in [-0.25, -0.2) is 0 Å². The minimum Gasteiger partial charge on any atom is -0.356 e. The van der Waals surface area contributed by atoms with Crippen molar-refractivity contribution in [2.45, 2.75) is 19.8 Å². The molecule has 4 nitrogen and oxygen atoms in total. The number of nitrogens with zero attached hydrogens (tertiary/aromatic N) is 2. The maximum Gasteiger partial charge on any atom is 0.224 e. The molecule has 72 valence electrons. The van der Waals surface area contributed by atoms with Crippen LogP contribution in [-0.2, 0) is 18.3 Å². The fourth-order valence-electron chi connectivity index (χ4n) is 1.08. The zero-order chi connectivity index (χ0) is 9.68. The van der Waals surface area contributed by atoms with Crippen molar-refractivity contribution in [3.63, 3.8) is 0 Å². The molecule has 0 atom stereocenters. The number of aromatic nitrogens is 2. The first-order valence-corrected chi connectivity index (χ1v) is 4.46. The molecule has 0 fully saturated rings. The van der Waals surface area contributed by atoms with Crippen LogP contribution in [0, 0.1) is 0 Å². The predicted octanol–water partition coefficient (Wildman–Crippen LogP) is 0.489. The third kappa shape index (κ3) is 3.27. The number of nitrogens with one attached hydrogen (secondary N) is 1. The molecule has 13 heavy (non-hydrogen) atoms. The van der Waals surface area contributed by atoms with E-state index in [1.165, 1.54) is 0 Å². The van der Waals surface area contributed by atoms with E-state index in [4.69, 9.17) is 0 Å². The molecule has 0 aliphatic rings. The smallest absolute Gasteiger partial charge is 0.224 e. The van der Waals surface area contributed by atoms with Crippen LogP contribution in [-0.4, -0.2) is 22.2 Å². The third-order valence-corrected chi connectivity index (χ3v) is 1.70. The number of hydrogen-bond donors (Lipinski definition) is 1. The first kappa shape index (κ1) is 9.77. The van der Waals surface area contributed by atoms with Gasteiger partial charge in [0.15, 0.2) is 0 Å². The zero-order valence-electron chi connectivity index (χ0n) is 8.08. The molecule has 0 unspecified atom stereocenters. The van der Waals surface area contributed by atoms with Crippen LogP contribution in [0.3, 0.4) is 0 Å². The van der Waals surface area contributed by atoms with Crippen LogP contribution in [0.25, 0.3) is 0 Å². The lowest BCUT2D eigenvalue weighted by Gasteiger charge is -2.00. The molecule has 0 saturated heterocycles. The van der Waals surface area contributed by atoms with E-state index in [2.05, 4.69) is 10.4 Å². The summed E-state index contributed by atoms with van der Waals surface area (Å²) in [6, 6.07) is 0. The van der Waals surface area contributed by atoms with Crippen molar-refractivity contribution in [2.24, 2.45) is 7.05 Å². The van der Waals surface area contributed by atoms with Crippen molar-refractivity contribution in [3.05, 3.63) is 18.0 Å². The Morgan fingerprint density at radius 1 is 1.69 bits per heavy atom. The van der Waals surface area contributed by atoms with Gasteiger partial charge in [-0.05, 0) is 12.0 Å². The molecule has 0 spiro atoms. The number of carbonyl (C=O) groups excluding carboxylic acids is 1. The highest BCUT2D eigenvalue weighted by Crippen LogP contribution is 1.96. The minimum absolute atomic E-state index is 0.0647. The summed E-state index contributed by atoms with van der Waals surface area (Å²) in [5, 5.41) is 6.80. The lowest BCUT2D eigenvalue weighted by molar-refractivity contribution is -0.120. The molecule has 1 rings (SSSR count). The van der Waals surface area contributed by atoms with E-state index in [1.807, 2.05) is 20.2 Å². The van der Waals surface area contributed by atoms with Crippen LogP contribution in [0.2, 0.25) is 0 Å². The van der Waals surface area contributed by atoms with E-state index in [0.29, 0.717) is 6.42 Å². The van der Waals surface area contributed by atoms with Crippen LogP contribution in [0.5, 0.6) is 0 Å². The number of aryl methyl sites for hydroxylation is 1. The number of hydrogen-bond acceptors (Lipinski definition) is 2. The van der Waals surface area contributed by atoms with Crippen LogP contribution in [0.15, 0.2) is 12.4 Å². The minimum atomic E-state index is 0.0647. The van der Waals surface area contributed by atoms with E-state index in [0.717, 1.165) is 18.5 Å². The average molecular weight is 181 g/mol. The van der Waals surface area contributed by atoms with Gasteiger partial charge in [-0.3, -0.25) is 9.48 Å². The van der Waals surface area contributed by atoms with Gasteiger partial charge in [0.25, 0.3) is 0 Å².